The molecule has 1 saturated heterocycles. The first-order valence-electron chi connectivity index (χ1n) is 6.48. The molecule has 0 spiro atoms. The number of likely N-dealkylation sites (N-methyl/N-ethyl adjacent to an activating group) is 1. The number of aromatic nitrogens is 4. The van der Waals surface area contributed by atoms with Gasteiger partial charge in [0.2, 0.25) is 0 Å². The first kappa shape index (κ1) is 12.4. The third-order valence-electron chi connectivity index (χ3n) is 3.38. The molecule has 17 heavy (non-hydrogen) atoms. The van der Waals surface area contributed by atoms with Gasteiger partial charge in [0.1, 0.15) is 0 Å². The van der Waals surface area contributed by atoms with Crippen molar-refractivity contribution in [2.75, 3.05) is 20.1 Å². The minimum absolute atomic E-state index is 0.620. The van der Waals surface area contributed by atoms with E-state index in [0.717, 1.165) is 38.4 Å². The zero-order valence-corrected chi connectivity index (χ0v) is 10.8. The van der Waals surface area contributed by atoms with Crippen LogP contribution < -0.4 is 5.32 Å². The summed E-state index contributed by atoms with van der Waals surface area (Å²) in [5.41, 5.74) is 0. The van der Waals surface area contributed by atoms with Crippen LogP contribution in [0.1, 0.15) is 32.0 Å². The fourth-order valence-electron chi connectivity index (χ4n) is 2.23. The highest BCUT2D eigenvalue weighted by molar-refractivity contribution is 4.86. The Balaban J connectivity index is 1.88. The van der Waals surface area contributed by atoms with Gasteiger partial charge in [-0.2, -0.15) is 0 Å². The van der Waals surface area contributed by atoms with E-state index in [2.05, 4.69) is 32.7 Å². The number of nitrogens with zero attached hydrogens (tertiary/aromatic N) is 5. The SMILES string of the molecule is CCCCn1nnnc1CN1CCC(NC)C1. The Morgan fingerprint density at radius 3 is 3.06 bits per heavy atom. The lowest BCUT2D eigenvalue weighted by atomic mass is 10.3. The van der Waals surface area contributed by atoms with Crippen molar-refractivity contribution in [2.24, 2.45) is 0 Å². The van der Waals surface area contributed by atoms with E-state index < -0.39 is 0 Å². The number of nitrogens with one attached hydrogen (secondary N) is 1. The van der Waals surface area contributed by atoms with E-state index >= 15 is 0 Å². The van der Waals surface area contributed by atoms with Crippen LogP contribution in [0.5, 0.6) is 0 Å². The largest absolute Gasteiger partial charge is 0.316 e. The fourth-order valence-corrected chi connectivity index (χ4v) is 2.23. The second-order valence-corrected chi connectivity index (χ2v) is 4.68. The van der Waals surface area contributed by atoms with E-state index in [-0.39, 0.29) is 0 Å². The summed E-state index contributed by atoms with van der Waals surface area (Å²) in [5, 5.41) is 15.3. The van der Waals surface area contributed by atoms with Gasteiger partial charge in [-0.25, -0.2) is 4.68 Å². The van der Waals surface area contributed by atoms with Gasteiger partial charge in [0.25, 0.3) is 0 Å². The highest BCUT2D eigenvalue weighted by Crippen LogP contribution is 2.11. The number of hydrogen-bond acceptors (Lipinski definition) is 5. The van der Waals surface area contributed by atoms with Crippen LogP contribution in [0, 0.1) is 0 Å². The zero-order valence-electron chi connectivity index (χ0n) is 10.8. The minimum Gasteiger partial charge on any atom is -0.316 e. The van der Waals surface area contributed by atoms with Gasteiger partial charge in [-0.3, -0.25) is 4.90 Å². The lowest BCUT2D eigenvalue weighted by Gasteiger charge is -2.15. The number of tetrazole rings is 1. The van der Waals surface area contributed by atoms with Crippen LogP contribution in [0.25, 0.3) is 0 Å². The highest BCUT2D eigenvalue weighted by atomic mass is 15.5. The second-order valence-electron chi connectivity index (χ2n) is 4.68. The van der Waals surface area contributed by atoms with Crippen LogP contribution in [0.15, 0.2) is 0 Å². The summed E-state index contributed by atoms with van der Waals surface area (Å²) in [7, 11) is 2.03. The second kappa shape index (κ2) is 6.07. The maximum absolute atomic E-state index is 4.12. The summed E-state index contributed by atoms with van der Waals surface area (Å²) in [5.74, 6) is 0.996. The van der Waals surface area contributed by atoms with Gasteiger partial charge in [-0.1, -0.05) is 13.3 Å². The van der Waals surface area contributed by atoms with Crippen molar-refractivity contribution in [3.05, 3.63) is 5.82 Å². The summed E-state index contributed by atoms with van der Waals surface area (Å²) < 4.78 is 1.94. The Morgan fingerprint density at radius 1 is 1.47 bits per heavy atom. The third kappa shape index (κ3) is 3.23. The van der Waals surface area contributed by atoms with Gasteiger partial charge >= 0.3 is 0 Å². The normalized spacial score (nSPS) is 21.2. The van der Waals surface area contributed by atoms with E-state index in [0.29, 0.717) is 6.04 Å². The molecule has 0 aromatic carbocycles. The standard InChI is InChI=1S/C11H22N6/c1-3-4-6-17-11(13-14-15-17)9-16-7-5-10(8-16)12-2/h10,12H,3-9H2,1-2H3. The van der Waals surface area contributed by atoms with Crippen molar-refractivity contribution in [1.82, 2.24) is 30.4 Å². The quantitative estimate of drug-likeness (QED) is 0.771. The first-order chi connectivity index (χ1) is 8.33. The molecule has 0 radical (unpaired) electrons. The molecule has 96 valence electrons. The molecule has 1 aromatic rings. The van der Waals surface area contributed by atoms with E-state index in [1.807, 2.05) is 11.7 Å². The fraction of sp³-hybridized carbons (Fsp3) is 0.909. The van der Waals surface area contributed by atoms with Gasteiger partial charge in [-0.15, -0.1) is 5.10 Å². The van der Waals surface area contributed by atoms with Crippen LogP contribution in [-0.2, 0) is 13.1 Å². The Labute approximate surface area is 102 Å². The molecule has 1 unspecified atom stereocenters. The molecule has 1 aliphatic heterocycles. The molecule has 1 aliphatic rings. The molecule has 1 aromatic heterocycles. The number of aryl methyl sites for hydroxylation is 1. The molecular formula is C11H22N6. The maximum Gasteiger partial charge on any atom is 0.165 e. The molecule has 1 N–H and O–H groups in total. The third-order valence-corrected chi connectivity index (χ3v) is 3.38. The van der Waals surface area contributed by atoms with Crippen LogP contribution >= 0.6 is 0 Å². The van der Waals surface area contributed by atoms with E-state index in [4.69, 9.17) is 0 Å². The Bertz CT molecular complexity index is 336. The van der Waals surface area contributed by atoms with Crippen LogP contribution in [0.2, 0.25) is 0 Å². The zero-order chi connectivity index (χ0) is 12.1. The van der Waals surface area contributed by atoms with Crippen LogP contribution in [0.4, 0.5) is 0 Å². The Morgan fingerprint density at radius 2 is 2.35 bits per heavy atom. The lowest BCUT2D eigenvalue weighted by Crippen LogP contribution is -2.30. The van der Waals surface area contributed by atoms with Gasteiger partial charge in [-0.05, 0) is 30.3 Å². The number of unbranched alkanes of at least 4 members (excludes halogenated alkanes) is 1. The van der Waals surface area contributed by atoms with Crippen molar-refractivity contribution < 1.29 is 0 Å². The van der Waals surface area contributed by atoms with Crippen molar-refractivity contribution >= 4 is 0 Å². The summed E-state index contributed by atoms with van der Waals surface area (Å²) >= 11 is 0. The summed E-state index contributed by atoms with van der Waals surface area (Å²) in [4.78, 5) is 2.41. The number of hydrogen-bond donors (Lipinski definition) is 1. The molecule has 6 nitrogen and oxygen atoms in total. The predicted molar refractivity (Wildman–Crippen MR) is 65.5 cm³/mol. The molecule has 0 saturated carbocycles. The van der Waals surface area contributed by atoms with E-state index in [9.17, 15) is 0 Å². The predicted octanol–water partition coefficient (Wildman–Crippen LogP) is 0.267. The molecule has 1 fully saturated rings. The number of likely N-dealkylation sites (tertiary alicyclic amines) is 1. The highest BCUT2D eigenvalue weighted by Gasteiger charge is 2.22. The molecule has 0 aliphatic carbocycles. The lowest BCUT2D eigenvalue weighted by molar-refractivity contribution is 0.305. The molecule has 0 amide bonds. The van der Waals surface area contributed by atoms with Crippen molar-refractivity contribution in [3.8, 4) is 0 Å². The average molecular weight is 238 g/mol. The molecule has 6 heteroatoms. The maximum atomic E-state index is 4.12. The molecular weight excluding hydrogens is 216 g/mol. The van der Waals surface area contributed by atoms with Crippen molar-refractivity contribution in [3.63, 3.8) is 0 Å². The Hall–Kier alpha value is -1.01. The van der Waals surface area contributed by atoms with Gasteiger partial charge in [0.05, 0.1) is 6.54 Å². The molecule has 0 bridgehead atoms. The minimum atomic E-state index is 0.620. The molecule has 1 atom stereocenters. The summed E-state index contributed by atoms with van der Waals surface area (Å²) in [6.07, 6.45) is 3.52. The van der Waals surface area contributed by atoms with Gasteiger partial charge in [0.15, 0.2) is 5.82 Å². The number of rotatable bonds is 6. The average Bonchev–Trinajstić information content (AvgIpc) is 2.96. The smallest absolute Gasteiger partial charge is 0.165 e. The van der Waals surface area contributed by atoms with Crippen LogP contribution in [-0.4, -0.2) is 51.3 Å². The van der Waals surface area contributed by atoms with E-state index in [1.165, 1.54) is 12.8 Å². The monoisotopic (exact) mass is 238 g/mol. The van der Waals surface area contributed by atoms with Gasteiger partial charge < -0.3 is 5.32 Å². The molecule has 2 rings (SSSR count). The Kier molecular flexibility index (Phi) is 4.44. The molecule has 2 heterocycles. The summed E-state index contributed by atoms with van der Waals surface area (Å²) in [6.45, 7) is 6.21. The topological polar surface area (TPSA) is 58.9 Å². The summed E-state index contributed by atoms with van der Waals surface area (Å²) in [6, 6.07) is 0.620. The van der Waals surface area contributed by atoms with Gasteiger partial charge in [0, 0.05) is 25.7 Å². The van der Waals surface area contributed by atoms with Crippen LogP contribution in [0.3, 0.4) is 0 Å². The van der Waals surface area contributed by atoms with Crippen molar-refractivity contribution in [1.29, 1.82) is 0 Å². The first-order valence-corrected chi connectivity index (χ1v) is 6.48. The van der Waals surface area contributed by atoms with Crippen molar-refractivity contribution in [2.45, 2.75) is 45.3 Å². The van der Waals surface area contributed by atoms with E-state index in [1.54, 1.807) is 0 Å².